The molecule has 0 fully saturated rings. The molecule has 1 unspecified atom stereocenters. The monoisotopic (exact) mass is 432 g/mol. The van der Waals surface area contributed by atoms with Crippen LogP contribution in [-0.2, 0) is 21.2 Å². The Balaban J connectivity index is 1.61. The molecule has 0 spiro atoms. The van der Waals surface area contributed by atoms with Gasteiger partial charge in [0.25, 0.3) is 5.91 Å². The van der Waals surface area contributed by atoms with Gasteiger partial charge in [-0.1, -0.05) is 0 Å². The zero-order valence-electron chi connectivity index (χ0n) is 15.5. The fourth-order valence-corrected chi connectivity index (χ4v) is 4.91. The second kappa shape index (κ2) is 7.90. The summed E-state index contributed by atoms with van der Waals surface area (Å²) < 4.78 is 51.3. The van der Waals surface area contributed by atoms with Crippen molar-refractivity contribution in [1.82, 2.24) is 9.79 Å². The lowest BCUT2D eigenvalue weighted by molar-refractivity contribution is -0.133. The minimum atomic E-state index is -4.07. The van der Waals surface area contributed by atoms with E-state index in [-0.39, 0.29) is 11.4 Å². The Morgan fingerprint density at radius 2 is 1.73 bits per heavy atom. The highest BCUT2D eigenvalue weighted by atomic mass is 32.2. The number of hydrogen-bond acceptors (Lipinski definition) is 6. The van der Waals surface area contributed by atoms with Gasteiger partial charge in [-0.05, 0) is 54.6 Å². The number of benzene rings is 2. The number of sulfonamides is 1. The van der Waals surface area contributed by atoms with Crippen LogP contribution in [0.25, 0.3) is 0 Å². The summed E-state index contributed by atoms with van der Waals surface area (Å²) in [5.74, 6) is -0.0148. The van der Waals surface area contributed by atoms with E-state index in [0.717, 1.165) is 4.31 Å². The number of nitrogens with one attached hydrogen (secondary N) is 1. The predicted molar refractivity (Wildman–Crippen MR) is 102 cm³/mol. The molecule has 1 aliphatic rings. The van der Waals surface area contributed by atoms with E-state index in [1.165, 1.54) is 66.3 Å². The summed E-state index contributed by atoms with van der Waals surface area (Å²) in [7, 11) is -4.07. The lowest BCUT2D eigenvalue weighted by Crippen LogP contribution is -2.46. The first-order valence-electron chi connectivity index (χ1n) is 8.95. The quantitative estimate of drug-likeness (QED) is 0.474. The van der Waals surface area contributed by atoms with E-state index in [1.54, 1.807) is 0 Å². The molecular formula is C20H17FN2O6S. The third-order valence-corrected chi connectivity index (χ3v) is 6.64. The van der Waals surface area contributed by atoms with E-state index in [4.69, 9.17) is 14.4 Å². The fraction of sp³-hybridized carbons (Fsp3) is 0.150. The average Bonchev–Trinajstić information content (AvgIpc) is 3.23. The standard InChI is InChI=1S/C20H17FN2O6S/c21-13-1-3-14(4-2-13)29-15-5-7-16(8-6-15)30(26,27)23-11-9-18-17(10-12-28-18)19(23)20(24)22-25/h1-8,10,12,19,25H,9,11H2,(H,22,24). The summed E-state index contributed by atoms with van der Waals surface area (Å²) in [6.45, 7) is 0.00869. The highest BCUT2D eigenvalue weighted by molar-refractivity contribution is 7.89. The number of rotatable bonds is 5. The number of carbonyl (C=O) groups excluding carboxylic acids is 1. The first-order chi connectivity index (χ1) is 14.4. The van der Waals surface area contributed by atoms with Gasteiger partial charge in [-0.3, -0.25) is 10.0 Å². The average molecular weight is 432 g/mol. The second-order valence-electron chi connectivity index (χ2n) is 6.57. The Labute approximate surface area is 171 Å². The van der Waals surface area contributed by atoms with E-state index in [9.17, 15) is 17.6 Å². The maximum atomic E-state index is 13.2. The van der Waals surface area contributed by atoms with Crippen LogP contribution in [0.4, 0.5) is 4.39 Å². The number of halogens is 1. The molecule has 0 saturated carbocycles. The molecule has 0 saturated heterocycles. The molecule has 30 heavy (non-hydrogen) atoms. The Morgan fingerprint density at radius 1 is 1.10 bits per heavy atom. The smallest absolute Gasteiger partial charge is 0.266 e. The van der Waals surface area contributed by atoms with Gasteiger partial charge in [0.2, 0.25) is 10.0 Å². The van der Waals surface area contributed by atoms with Gasteiger partial charge in [0.15, 0.2) is 0 Å². The van der Waals surface area contributed by atoms with Crippen molar-refractivity contribution in [3.63, 3.8) is 0 Å². The molecule has 4 rings (SSSR count). The zero-order valence-corrected chi connectivity index (χ0v) is 16.3. The van der Waals surface area contributed by atoms with Crippen molar-refractivity contribution in [3.05, 3.63) is 78.0 Å². The largest absolute Gasteiger partial charge is 0.469 e. The van der Waals surface area contributed by atoms with Gasteiger partial charge in [0, 0.05) is 18.5 Å². The summed E-state index contributed by atoms with van der Waals surface area (Å²) >= 11 is 0. The number of carbonyl (C=O) groups is 1. The number of hydroxylamine groups is 1. The van der Waals surface area contributed by atoms with Crippen LogP contribution < -0.4 is 10.2 Å². The molecule has 1 aromatic heterocycles. The van der Waals surface area contributed by atoms with E-state index in [1.807, 2.05) is 0 Å². The molecule has 3 aromatic rings. The van der Waals surface area contributed by atoms with E-state index < -0.39 is 27.8 Å². The van der Waals surface area contributed by atoms with Crippen LogP contribution in [0.5, 0.6) is 11.5 Å². The maximum absolute atomic E-state index is 13.2. The lowest BCUT2D eigenvalue weighted by atomic mass is 10.0. The lowest BCUT2D eigenvalue weighted by Gasteiger charge is -2.32. The first kappa shape index (κ1) is 20.1. The molecule has 10 heteroatoms. The Kier molecular flexibility index (Phi) is 5.29. The van der Waals surface area contributed by atoms with Gasteiger partial charge in [-0.15, -0.1) is 0 Å². The first-order valence-corrected chi connectivity index (χ1v) is 10.4. The van der Waals surface area contributed by atoms with Crippen molar-refractivity contribution in [3.8, 4) is 11.5 Å². The molecule has 0 bridgehead atoms. The molecule has 156 valence electrons. The number of nitrogens with zero attached hydrogens (tertiary/aromatic N) is 1. The summed E-state index contributed by atoms with van der Waals surface area (Å²) in [6, 6.07) is 11.3. The van der Waals surface area contributed by atoms with Crippen molar-refractivity contribution in [2.75, 3.05) is 6.54 Å². The van der Waals surface area contributed by atoms with Crippen LogP contribution in [0.3, 0.4) is 0 Å². The molecule has 1 atom stereocenters. The number of amides is 1. The number of furan rings is 1. The Morgan fingerprint density at radius 3 is 2.37 bits per heavy atom. The minimum absolute atomic E-state index is 0.00869. The number of ether oxygens (including phenoxy) is 1. The van der Waals surface area contributed by atoms with E-state index >= 15 is 0 Å². The van der Waals surface area contributed by atoms with Crippen molar-refractivity contribution in [2.45, 2.75) is 17.4 Å². The van der Waals surface area contributed by atoms with Gasteiger partial charge in [0.05, 0.1) is 11.2 Å². The van der Waals surface area contributed by atoms with Crippen LogP contribution in [-0.4, -0.2) is 30.4 Å². The summed E-state index contributed by atoms with van der Waals surface area (Å²) in [5.41, 5.74) is 1.91. The molecule has 2 aromatic carbocycles. The Bertz CT molecular complexity index is 1160. The summed E-state index contributed by atoms with van der Waals surface area (Å²) in [6.07, 6.45) is 1.67. The minimum Gasteiger partial charge on any atom is -0.469 e. The molecule has 1 amide bonds. The van der Waals surface area contributed by atoms with Crippen molar-refractivity contribution >= 4 is 15.9 Å². The topological polar surface area (TPSA) is 109 Å². The van der Waals surface area contributed by atoms with Gasteiger partial charge in [-0.25, -0.2) is 18.3 Å². The van der Waals surface area contributed by atoms with Crippen LogP contribution in [0, 0.1) is 5.82 Å². The number of fused-ring (bicyclic) bond motifs is 1. The third-order valence-electron chi connectivity index (χ3n) is 4.76. The van der Waals surface area contributed by atoms with Crippen LogP contribution in [0.15, 0.2) is 70.2 Å². The molecule has 8 nitrogen and oxygen atoms in total. The van der Waals surface area contributed by atoms with E-state index in [0.29, 0.717) is 29.2 Å². The third kappa shape index (κ3) is 3.67. The summed E-state index contributed by atoms with van der Waals surface area (Å²) in [4.78, 5) is 12.2. The van der Waals surface area contributed by atoms with Crippen LogP contribution in [0.2, 0.25) is 0 Å². The van der Waals surface area contributed by atoms with Gasteiger partial charge >= 0.3 is 0 Å². The van der Waals surface area contributed by atoms with Gasteiger partial charge in [-0.2, -0.15) is 4.31 Å². The van der Waals surface area contributed by atoms with Crippen LogP contribution >= 0.6 is 0 Å². The van der Waals surface area contributed by atoms with Crippen molar-refractivity contribution in [2.24, 2.45) is 0 Å². The molecule has 2 N–H and O–H groups in total. The highest BCUT2D eigenvalue weighted by Gasteiger charge is 2.41. The fourth-order valence-electron chi connectivity index (χ4n) is 3.34. The Hall–Kier alpha value is -3.21. The maximum Gasteiger partial charge on any atom is 0.266 e. The highest BCUT2D eigenvalue weighted by Crippen LogP contribution is 2.35. The predicted octanol–water partition coefficient (Wildman–Crippen LogP) is 3.00. The van der Waals surface area contributed by atoms with Gasteiger partial charge in [0.1, 0.15) is 29.1 Å². The summed E-state index contributed by atoms with van der Waals surface area (Å²) in [5, 5.41) is 9.11. The number of hydrogen-bond donors (Lipinski definition) is 2. The van der Waals surface area contributed by atoms with Crippen molar-refractivity contribution < 1.29 is 32.0 Å². The molecule has 0 aliphatic carbocycles. The van der Waals surface area contributed by atoms with Gasteiger partial charge < -0.3 is 9.15 Å². The molecule has 0 radical (unpaired) electrons. The zero-order chi connectivity index (χ0) is 21.3. The van der Waals surface area contributed by atoms with Crippen molar-refractivity contribution in [1.29, 1.82) is 0 Å². The normalized spacial score (nSPS) is 16.7. The molecule has 1 aliphatic heterocycles. The molecule has 2 heterocycles. The second-order valence-corrected chi connectivity index (χ2v) is 8.46. The SMILES string of the molecule is O=C(NO)C1c2ccoc2CCN1S(=O)(=O)c1ccc(Oc2ccc(F)cc2)cc1. The van der Waals surface area contributed by atoms with Crippen LogP contribution in [0.1, 0.15) is 17.4 Å². The molecular weight excluding hydrogens is 415 g/mol. The van der Waals surface area contributed by atoms with E-state index in [2.05, 4.69) is 0 Å².